The van der Waals surface area contributed by atoms with Crippen LogP contribution in [0.3, 0.4) is 0 Å². The lowest BCUT2D eigenvalue weighted by Crippen LogP contribution is -2.29. The zero-order valence-electron chi connectivity index (χ0n) is 20.5. The maximum Gasteiger partial charge on any atom is 0.300 e. The molecule has 0 spiro atoms. The van der Waals surface area contributed by atoms with Crippen molar-refractivity contribution in [3.8, 4) is 11.5 Å². The molecule has 35 heavy (non-hydrogen) atoms. The highest BCUT2D eigenvalue weighted by atomic mass is 32.1. The molecule has 7 heteroatoms. The minimum atomic E-state index is -0.783. The molecule has 3 aromatic rings. The summed E-state index contributed by atoms with van der Waals surface area (Å²) in [5.74, 6) is -0.690. The average Bonchev–Trinajstić information content (AvgIpc) is 3.45. The van der Waals surface area contributed by atoms with Crippen LogP contribution in [0.25, 0.3) is 5.76 Å². The summed E-state index contributed by atoms with van der Waals surface area (Å²) >= 11 is 1.42. The van der Waals surface area contributed by atoms with Gasteiger partial charge in [0.25, 0.3) is 11.7 Å². The topological polar surface area (TPSA) is 76.1 Å². The van der Waals surface area contributed by atoms with Gasteiger partial charge in [0.1, 0.15) is 23.3 Å². The molecule has 0 bridgehead atoms. The number of aliphatic hydroxyl groups is 1. The maximum absolute atomic E-state index is 13.4. The van der Waals surface area contributed by atoms with Crippen LogP contribution in [0.4, 0.5) is 5.69 Å². The van der Waals surface area contributed by atoms with Crippen LogP contribution in [-0.4, -0.2) is 30.5 Å². The maximum atomic E-state index is 13.4. The number of ketones is 1. The van der Waals surface area contributed by atoms with E-state index in [4.69, 9.17) is 9.47 Å². The molecule has 1 saturated heterocycles. The summed E-state index contributed by atoms with van der Waals surface area (Å²) in [7, 11) is 1.51. The summed E-state index contributed by atoms with van der Waals surface area (Å²) in [4.78, 5) is 29.0. The van der Waals surface area contributed by atoms with E-state index in [9.17, 15) is 14.7 Å². The lowest BCUT2D eigenvalue weighted by Gasteiger charge is -2.25. The molecule has 0 aliphatic carbocycles. The Morgan fingerprint density at radius 3 is 2.49 bits per heavy atom. The molecule has 0 radical (unpaired) electrons. The fraction of sp³-hybridized carbons (Fsp3) is 0.286. The predicted molar refractivity (Wildman–Crippen MR) is 138 cm³/mol. The number of rotatable bonds is 6. The van der Waals surface area contributed by atoms with Crippen LogP contribution in [-0.2, 0) is 15.0 Å². The van der Waals surface area contributed by atoms with Crippen LogP contribution in [0.1, 0.15) is 49.7 Å². The second-order valence-electron chi connectivity index (χ2n) is 9.28. The van der Waals surface area contributed by atoms with Gasteiger partial charge in [-0.2, -0.15) is 0 Å². The number of hydrogen-bond donors (Lipinski definition) is 1. The highest BCUT2D eigenvalue weighted by Gasteiger charge is 2.47. The first-order valence-corrected chi connectivity index (χ1v) is 12.3. The van der Waals surface area contributed by atoms with Crippen molar-refractivity contribution in [2.45, 2.75) is 39.2 Å². The number of anilines is 1. The largest absolute Gasteiger partial charge is 0.507 e. The third kappa shape index (κ3) is 4.56. The van der Waals surface area contributed by atoms with Crippen molar-refractivity contribution in [3.05, 3.63) is 81.6 Å². The quantitative estimate of drug-likeness (QED) is 0.257. The van der Waals surface area contributed by atoms with E-state index >= 15 is 0 Å². The number of thiophene rings is 1. The van der Waals surface area contributed by atoms with Crippen LogP contribution in [0.5, 0.6) is 11.5 Å². The van der Waals surface area contributed by atoms with E-state index < -0.39 is 17.7 Å². The molecule has 1 aromatic heterocycles. The van der Waals surface area contributed by atoms with E-state index in [1.54, 1.807) is 30.3 Å². The first-order valence-electron chi connectivity index (χ1n) is 11.4. The predicted octanol–water partition coefficient (Wildman–Crippen LogP) is 6.08. The highest BCUT2D eigenvalue weighted by Crippen LogP contribution is 2.45. The smallest absolute Gasteiger partial charge is 0.300 e. The summed E-state index contributed by atoms with van der Waals surface area (Å²) in [6.07, 6.45) is 0. The molecular formula is C28H29NO5S. The van der Waals surface area contributed by atoms with Gasteiger partial charge in [0.05, 0.1) is 24.9 Å². The Morgan fingerprint density at radius 2 is 1.86 bits per heavy atom. The number of methoxy groups -OCH3 is 1. The van der Waals surface area contributed by atoms with Gasteiger partial charge in [-0.05, 0) is 53.6 Å². The summed E-state index contributed by atoms with van der Waals surface area (Å²) in [6.45, 7) is 8.54. The molecule has 182 valence electrons. The van der Waals surface area contributed by atoms with Crippen molar-refractivity contribution in [2.24, 2.45) is 0 Å². The second kappa shape index (κ2) is 9.58. The van der Waals surface area contributed by atoms with Gasteiger partial charge in [-0.1, -0.05) is 39.0 Å². The summed E-state index contributed by atoms with van der Waals surface area (Å²) in [6, 6.07) is 15.5. The highest BCUT2D eigenvalue weighted by molar-refractivity contribution is 7.10. The Labute approximate surface area is 209 Å². The van der Waals surface area contributed by atoms with Gasteiger partial charge in [-0.15, -0.1) is 11.3 Å². The zero-order chi connectivity index (χ0) is 25.3. The number of ether oxygens (including phenoxy) is 2. The van der Waals surface area contributed by atoms with Gasteiger partial charge in [-0.3, -0.25) is 14.5 Å². The fourth-order valence-electron chi connectivity index (χ4n) is 4.21. The lowest BCUT2D eigenvalue weighted by atomic mass is 9.85. The third-order valence-corrected chi connectivity index (χ3v) is 6.91. The molecule has 1 atom stereocenters. The SMILES string of the molecule is CCOc1cccc(N2C(=O)C(=O)/C(=C(/O)c3cc(C(C)(C)C)ccc3OC)C2c2cccs2)c1. The molecular weight excluding hydrogens is 462 g/mol. The molecule has 2 aromatic carbocycles. The molecule has 1 unspecified atom stereocenters. The molecule has 1 amide bonds. The van der Waals surface area contributed by atoms with Crippen molar-refractivity contribution in [1.82, 2.24) is 0 Å². The number of amides is 1. The molecule has 1 N–H and O–H groups in total. The number of aliphatic hydroxyl groups excluding tert-OH is 1. The van der Waals surface area contributed by atoms with Crippen molar-refractivity contribution >= 4 is 34.5 Å². The zero-order valence-corrected chi connectivity index (χ0v) is 21.3. The van der Waals surface area contributed by atoms with E-state index in [0.29, 0.717) is 29.4 Å². The van der Waals surface area contributed by atoms with Crippen molar-refractivity contribution in [1.29, 1.82) is 0 Å². The molecule has 0 saturated carbocycles. The van der Waals surface area contributed by atoms with Gasteiger partial charge in [0.15, 0.2) is 0 Å². The lowest BCUT2D eigenvalue weighted by molar-refractivity contribution is -0.132. The molecule has 1 aliphatic rings. The van der Waals surface area contributed by atoms with Crippen molar-refractivity contribution in [3.63, 3.8) is 0 Å². The van der Waals surface area contributed by atoms with Crippen molar-refractivity contribution in [2.75, 3.05) is 18.6 Å². The molecule has 4 rings (SSSR count). The summed E-state index contributed by atoms with van der Waals surface area (Å²) < 4.78 is 11.1. The number of carbonyl (C=O) groups excluding carboxylic acids is 2. The first kappa shape index (κ1) is 24.5. The van der Waals surface area contributed by atoms with Gasteiger partial charge >= 0.3 is 0 Å². The Hall–Kier alpha value is -3.58. The van der Waals surface area contributed by atoms with E-state index in [1.165, 1.54) is 23.3 Å². The Kier molecular flexibility index (Phi) is 6.72. The van der Waals surface area contributed by atoms with E-state index in [-0.39, 0.29) is 16.7 Å². The minimum absolute atomic E-state index is 0.0311. The summed E-state index contributed by atoms with van der Waals surface area (Å²) in [5.41, 5.74) is 1.70. The van der Waals surface area contributed by atoms with E-state index in [0.717, 1.165) is 10.4 Å². The van der Waals surface area contributed by atoms with Gasteiger partial charge in [-0.25, -0.2) is 0 Å². The standard InChI is InChI=1S/C28H29NO5S/c1-6-34-19-10-7-9-18(16-19)29-24(22-11-8-14-35-22)23(26(31)27(29)32)25(30)20-15-17(28(2,3)4)12-13-21(20)33-5/h7-16,24,30H,6H2,1-5H3/b25-23+. The van der Waals surface area contributed by atoms with Gasteiger partial charge < -0.3 is 14.6 Å². The number of carbonyl (C=O) groups is 2. The second-order valence-corrected chi connectivity index (χ2v) is 10.3. The normalized spacial score (nSPS) is 17.6. The van der Waals surface area contributed by atoms with Crippen LogP contribution < -0.4 is 14.4 Å². The molecule has 2 heterocycles. The fourth-order valence-corrected chi connectivity index (χ4v) is 5.03. The number of Topliss-reactive ketones (excluding diaryl/α,β-unsaturated/α-hetero) is 1. The van der Waals surface area contributed by atoms with Crippen molar-refractivity contribution < 1.29 is 24.2 Å². The molecule has 1 aliphatic heterocycles. The van der Waals surface area contributed by atoms with E-state index in [1.807, 2.05) is 36.6 Å². The number of nitrogens with zero attached hydrogens (tertiary/aromatic N) is 1. The monoisotopic (exact) mass is 491 g/mol. The average molecular weight is 492 g/mol. The Balaban J connectivity index is 1.94. The number of benzene rings is 2. The number of hydrogen-bond acceptors (Lipinski definition) is 6. The third-order valence-electron chi connectivity index (χ3n) is 5.98. The Bertz CT molecular complexity index is 1290. The minimum Gasteiger partial charge on any atom is -0.507 e. The molecule has 6 nitrogen and oxygen atoms in total. The molecule has 1 fully saturated rings. The Morgan fingerprint density at radius 1 is 1.09 bits per heavy atom. The van der Waals surface area contributed by atoms with Gasteiger partial charge in [0.2, 0.25) is 0 Å². The van der Waals surface area contributed by atoms with Crippen LogP contribution in [0.15, 0.2) is 65.6 Å². The van der Waals surface area contributed by atoms with Crippen LogP contribution in [0, 0.1) is 0 Å². The van der Waals surface area contributed by atoms with Crippen LogP contribution in [0.2, 0.25) is 0 Å². The first-order chi connectivity index (χ1) is 16.7. The van der Waals surface area contributed by atoms with E-state index in [2.05, 4.69) is 20.8 Å². The summed E-state index contributed by atoms with van der Waals surface area (Å²) in [5, 5.41) is 13.4. The van der Waals surface area contributed by atoms with Gasteiger partial charge in [0, 0.05) is 16.6 Å². The van der Waals surface area contributed by atoms with Crippen LogP contribution >= 0.6 is 11.3 Å².